The Balaban J connectivity index is 2.06. The molecule has 3 rings (SSSR count). The Bertz CT molecular complexity index is 673. The van der Waals surface area contributed by atoms with E-state index in [1.807, 2.05) is 12.1 Å². The number of ether oxygens (including phenoxy) is 1. The second kappa shape index (κ2) is 5.47. The highest BCUT2D eigenvalue weighted by molar-refractivity contribution is 9.10. The second-order valence-electron chi connectivity index (χ2n) is 4.66. The molecule has 1 aliphatic rings. The summed E-state index contributed by atoms with van der Waals surface area (Å²) in [6.07, 6.45) is -0.0922. The van der Waals surface area contributed by atoms with E-state index < -0.39 is 11.9 Å². The molecule has 0 amide bonds. The quantitative estimate of drug-likeness (QED) is 0.809. The van der Waals surface area contributed by atoms with E-state index in [4.69, 9.17) is 4.74 Å². The minimum Gasteiger partial charge on any atom is -0.493 e. The van der Waals surface area contributed by atoms with Crippen LogP contribution in [0.1, 0.15) is 22.8 Å². The van der Waals surface area contributed by atoms with Gasteiger partial charge >= 0.3 is 0 Å². The van der Waals surface area contributed by atoms with E-state index in [0.29, 0.717) is 28.0 Å². The fourth-order valence-electron chi connectivity index (χ4n) is 2.36. The zero-order chi connectivity index (χ0) is 14.3. The van der Waals surface area contributed by atoms with Gasteiger partial charge in [-0.1, -0.05) is 22.0 Å². The van der Waals surface area contributed by atoms with Crippen molar-refractivity contribution in [2.24, 2.45) is 0 Å². The van der Waals surface area contributed by atoms with E-state index in [2.05, 4.69) is 31.9 Å². The van der Waals surface area contributed by atoms with E-state index in [-0.39, 0.29) is 0 Å². The highest BCUT2D eigenvalue weighted by atomic mass is 79.9. The van der Waals surface area contributed by atoms with Crippen LogP contribution >= 0.6 is 31.9 Å². The molecule has 0 saturated carbocycles. The van der Waals surface area contributed by atoms with Crippen molar-refractivity contribution >= 4 is 31.9 Å². The molecule has 0 radical (unpaired) electrons. The summed E-state index contributed by atoms with van der Waals surface area (Å²) in [6.45, 7) is 0.611. The van der Waals surface area contributed by atoms with Gasteiger partial charge in [0.05, 0.1) is 11.1 Å². The molecule has 1 atom stereocenters. The molecule has 20 heavy (non-hydrogen) atoms. The van der Waals surface area contributed by atoms with Gasteiger partial charge in [0.15, 0.2) is 0 Å². The molecule has 1 aliphatic heterocycles. The van der Waals surface area contributed by atoms with Crippen molar-refractivity contribution in [3.63, 3.8) is 0 Å². The van der Waals surface area contributed by atoms with Crippen molar-refractivity contribution in [3.8, 4) is 5.75 Å². The highest BCUT2D eigenvalue weighted by Crippen LogP contribution is 2.39. The third-order valence-electron chi connectivity index (χ3n) is 3.33. The SMILES string of the molecule is OC(c1ccc(Br)c(F)c1)c1cc(Br)cc2c1OCC2. The Labute approximate surface area is 132 Å². The van der Waals surface area contributed by atoms with Gasteiger partial charge in [-0.05, 0) is 51.3 Å². The summed E-state index contributed by atoms with van der Waals surface area (Å²) in [5.74, 6) is 0.318. The molecule has 1 heterocycles. The minimum absolute atomic E-state index is 0.379. The van der Waals surface area contributed by atoms with E-state index in [0.717, 1.165) is 16.5 Å². The molecule has 104 valence electrons. The number of benzene rings is 2. The van der Waals surface area contributed by atoms with E-state index in [9.17, 15) is 9.50 Å². The predicted molar refractivity (Wildman–Crippen MR) is 81.5 cm³/mol. The third-order valence-corrected chi connectivity index (χ3v) is 4.43. The highest BCUT2D eigenvalue weighted by Gasteiger charge is 2.23. The van der Waals surface area contributed by atoms with Gasteiger partial charge in [0.25, 0.3) is 0 Å². The Hall–Kier alpha value is -0.910. The summed E-state index contributed by atoms with van der Waals surface area (Å²) in [6, 6.07) is 8.42. The number of fused-ring (bicyclic) bond motifs is 1. The Morgan fingerprint density at radius 2 is 2.00 bits per heavy atom. The molecule has 0 bridgehead atoms. The van der Waals surface area contributed by atoms with Crippen LogP contribution in [0.15, 0.2) is 39.3 Å². The number of rotatable bonds is 2. The molecule has 0 aliphatic carbocycles. The van der Waals surface area contributed by atoms with Gasteiger partial charge in [-0.3, -0.25) is 0 Å². The molecule has 0 aromatic heterocycles. The van der Waals surface area contributed by atoms with Gasteiger partial charge in [0.1, 0.15) is 17.7 Å². The Morgan fingerprint density at radius 1 is 1.20 bits per heavy atom. The van der Waals surface area contributed by atoms with Gasteiger partial charge < -0.3 is 9.84 Å². The zero-order valence-electron chi connectivity index (χ0n) is 10.4. The van der Waals surface area contributed by atoms with Crippen molar-refractivity contribution < 1.29 is 14.2 Å². The lowest BCUT2D eigenvalue weighted by Crippen LogP contribution is -2.03. The van der Waals surface area contributed by atoms with Crippen molar-refractivity contribution in [2.45, 2.75) is 12.5 Å². The number of halogens is 3. The maximum atomic E-state index is 13.6. The van der Waals surface area contributed by atoms with Gasteiger partial charge in [-0.2, -0.15) is 0 Å². The molecular weight excluding hydrogens is 391 g/mol. The number of aliphatic hydroxyl groups excluding tert-OH is 1. The molecule has 1 unspecified atom stereocenters. The third kappa shape index (κ3) is 2.50. The van der Waals surface area contributed by atoms with Crippen LogP contribution in [0.2, 0.25) is 0 Å². The van der Waals surface area contributed by atoms with Gasteiger partial charge in [0.2, 0.25) is 0 Å². The van der Waals surface area contributed by atoms with Crippen LogP contribution in [-0.4, -0.2) is 11.7 Å². The van der Waals surface area contributed by atoms with Crippen LogP contribution in [0.5, 0.6) is 5.75 Å². The van der Waals surface area contributed by atoms with Crippen LogP contribution in [0, 0.1) is 5.82 Å². The number of hydrogen-bond acceptors (Lipinski definition) is 2. The molecule has 2 aromatic carbocycles. The first-order valence-electron chi connectivity index (χ1n) is 6.14. The lowest BCUT2D eigenvalue weighted by molar-refractivity contribution is 0.213. The maximum Gasteiger partial charge on any atom is 0.137 e. The maximum absolute atomic E-state index is 13.6. The number of hydrogen-bond donors (Lipinski definition) is 1. The van der Waals surface area contributed by atoms with Crippen molar-refractivity contribution in [1.82, 2.24) is 0 Å². The minimum atomic E-state index is -0.915. The summed E-state index contributed by atoms with van der Waals surface area (Å²) in [5, 5.41) is 10.5. The molecule has 5 heteroatoms. The zero-order valence-corrected chi connectivity index (χ0v) is 13.5. The average Bonchev–Trinajstić information content (AvgIpc) is 2.88. The first kappa shape index (κ1) is 14.0. The largest absolute Gasteiger partial charge is 0.493 e. The summed E-state index contributed by atoms with van der Waals surface area (Å²) < 4.78 is 20.5. The molecule has 0 saturated heterocycles. The van der Waals surface area contributed by atoms with Crippen molar-refractivity contribution in [1.29, 1.82) is 0 Å². The Kier molecular flexibility index (Phi) is 3.84. The molecule has 1 N–H and O–H groups in total. The topological polar surface area (TPSA) is 29.5 Å². The average molecular weight is 402 g/mol. The molecular formula is C15H11Br2FO2. The standard InChI is InChI=1S/C15H11Br2FO2/c16-10-5-9-3-4-20-15(9)11(7-10)14(19)8-1-2-12(17)13(18)6-8/h1-2,5-7,14,19H,3-4H2. The molecule has 0 spiro atoms. The fourth-order valence-corrected chi connectivity index (χ4v) is 3.13. The molecule has 2 nitrogen and oxygen atoms in total. The predicted octanol–water partition coefficient (Wildman–Crippen LogP) is 4.37. The van der Waals surface area contributed by atoms with Crippen molar-refractivity contribution in [2.75, 3.05) is 6.61 Å². The summed E-state index contributed by atoms with van der Waals surface area (Å²) >= 11 is 6.54. The fraction of sp³-hybridized carbons (Fsp3) is 0.200. The summed E-state index contributed by atoms with van der Waals surface area (Å²) in [7, 11) is 0. The first-order chi connectivity index (χ1) is 9.56. The van der Waals surface area contributed by atoms with Gasteiger partial charge in [0, 0.05) is 16.5 Å². The lowest BCUT2D eigenvalue weighted by atomic mass is 9.98. The molecule has 0 fully saturated rings. The normalized spacial score (nSPS) is 14.8. The smallest absolute Gasteiger partial charge is 0.137 e. The van der Waals surface area contributed by atoms with E-state index >= 15 is 0 Å². The van der Waals surface area contributed by atoms with Crippen LogP contribution in [-0.2, 0) is 6.42 Å². The molecule has 2 aromatic rings. The Morgan fingerprint density at radius 3 is 2.75 bits per heavy atom. The van der Waals surface area contributed by atoms with Crippen LogP contribution < -0.4 is 4.74 Å². The van der Waals surface area contributed by atoms with Gasteiger partial charge in [-0.25, -0.2) is 4.39 Å². The summed E-state index contributed by atoms with van der Waals surface area (Å²) in [5.41, 5.74) is 2.22. The van der Waals surface area contributed by atoms with E-state index in [1.54, 1.807) is 12.1 Å². The van der Waals surface area contributed by atoms with Crippen molar-refractivity contribution in [3.05, 3.63) is 61.8 Å². The summed E-state index contributed by atoms with van der Waals surface area (Å²) in [4.78, 5) is 0. The van der Waals surface area contributed by atoms with Crippen LogP contribution in [0.4, 0.5) is 4.39 Å². The number of aliphatic hydroxyl groups is 1. The second-order valence-corrected chi connectivity index (χ2v) is 6.43. The van der Waals surface area contributed by atoms with Crippen LogP contribution in [0.3, 0.4) is 0 Å². The first-order valence-corrected chi connectivity index (χ1v) is 7.73. The van der Waals surface area contributed by atoms with Crippen LogP contribution in [0.25, 0.3) is 0 Å². The monoisotopic (exact) mass is 400 g/mol. The lowest BCUT2D eigenvalue weighted by Gasteiger charge is -2.16. The van der Waals surface area contributed by atoms with Gasteiger partial charge in [-0.15, -0.1) is 0 Å². The van der Waals surface area contributed by atoms with E-state index in [1.165, 1.54) is 6.07 Å².